The van der Waals surface area contributed by atoms with Gasteiger partial charge in [-0.1, -0.05) is 29.5 Å². The van der Waals surface area contributed by atoms with Crippen LogP contribution in [0.1, 0.15) is 40.1 Å². The molecule has 0 spiro atoms. The summed E-state index contributed by atoms with van der Waals surface area (Å²) < 4.78 is 5.20. The van der Waals surface area contributed by atoms with Crippen LogP contribution < -0.4 is 10.1 Å². The zero-order chi connectivity index (χ0) is 22.8. The summed E-state index contributed by atoms with van der Waals surface area (Å²) >= 11 is 1.34. The molecule has 0 fully saturated rings. The molecule has 0 amide bonds. The second kappa shape index (κ2) is 8.65. The van der Waals surface area contributed by atoms with Gasteiger partial charge < -0.3 is 15.2 Å². The number of carboxylic acid groups (broad SMARTS) is 1. The van der Waals surface area contributed by atoms with Gasteiger partial charge in [0.2, 0.25) is 0 Å². The van der Waals surface area contributed by atoms with Crippen LogP contribution >= 0.6 is 11.3 Å². The Labute approximate surface area is 189 Å². The van der Waals surface area contributed by atoms with Gasteiger partial charge in [-0.25, -0.2) is 14.8 Å². The first-order chi connectivity index (χ1) is 15.4. The number of ether oxygens (including phenoxy) is 1. The van der Waals surface area contributed by atoms with Gasteiger partial charge in [0, 0.05) is 28.9 Å². The van der Waals surface area contributed by atoms with Crippen molar-refractivity contribution in [3.05, 3.63) is 71.0 Å². The molecule has 0 bridgehead atoms. The molecule has 32 heavy (non-hydrogen) atoms. The average molecular weight is 445 g/mol. The molecule has 0 aliphatic heterocycles. The maximum absolute atomic E-state index is 11.6. The van der Waals surface area contributed by atoms with Crippen LogP contribution in [0, 0.1) is 18.3 Å². The van der Waals surface area contributed by atoms with E-state index in [9.17, 15) is 15.2 Å². The minimum Gasteiger partial charge on any atom is -0.478 e. The summed E-state index contributed by atoms with van der Waals surface area (Å²) in [6, 6.07) is 14.7. The summed E-state index contributed by atoms with van der Waals surface area (Å²) in [6.07, 6.45) is 1.67. The van der Waals surface area contributed by atoms with Crippen LogP contribution in [0.2, 0.25) is 0 Å². The largest absolute Gasteiger partial charge is 0.478 e. The second-order valence-electron chi connectivity index (χ2n) is 7.33. The number of para-hydroxylation sites is 1. The van der Waals surface area contributed by atoms with E-state index < -0.39 is 5.97 Å². The summed E-state index contributed by atoms with van der Waals surface area (Å²) in [6.45, 7) is 3.94. The summed E-state index contributed by atoms with van der Waals surface area (Å²) in [4.78, 5) is 21.2. The number of carboxylic acids is 1. The molecule has 2 aromatic heterocycles. The molecule has 160 valence electrons. The van der Waals surface area contributed by atoms with Gasteiger partial charge in [-0.15, -0.1) is 0 Å². The lowest BCUT2D eigenvalue weighted by atomic mass is 9.97. The zero-order valence-electron chi connectivity index (χ0n) is 17.7. The van der Waals surface area contributed by atoms with E-state index in [4.69, 9.17) is 4.74 Å². The smallest absolute Gasteiger partial charge is 0.337 e. The van der Waals surface area contributed by atoms with Crippen molar-refractivity contribution >= 4 is 33.9 Å². The Morgan fingerprint density at radius 2 is 2.06 bits per heavy atom. The van der Waals surface area contributed by atoms with Crippen molar-refractivity contribution in [3.63, 3.8) is 0 Å². The van der Waals surface area contributed by atoms with Crippen molar-refractivity contribution in [2.75, 3.05) is 12.4 Å². The maximum Gasteiger partial charge on any atom is 0.337 e. The lowest BCUT2D eigenvalue weighted by Crippen LogP contribution is -2.11. The van der Waals surface area contributed by atoms with E-state index in [1.54, 1.807) is 37.6 Å². The van der Waals surface area contributed by atoms with Gasteiger partial charge in [0.15, 0.2) is 0 Å². The van der Waals surface area contributed by atoms with E-state index >= 15 is 0 Å². The Morgan fingerprint density at radius 3 is 2.75 bits per heavy atom. The number of hydrogen-bond donors (Lipinski definition) is 2. The van der Waals surface area contributed by atoms with Gasteiger partial charge in [0.05, 0.1) is 23.1 Å². The predicted molar refractivity (Wildman–Crippen MR) is 124 cm³/mol. The summed E-state index contributed by atoms with van der Waals surface area (Å²) in [5, 5.41) is 23.9. The lowest BCUT2D eigenvalue weighted by Gasteiger charge is -2.20. The van der Waals surface area contributed by atoms with Gasteiger partial charge >= 0.3 is 5.97 Å². The fourth-order valence-corrected chi connectivity index (χ4v) is 4.41. The standard InChI is InChI=1S/C24H20N4O3S/c1-13-8-16(14(2)27-19-7-5-4-6-15(19)23(29)30)17-10-18(21(11-25)28-20(17)9-13)22-12-26-24(31-3)32-22/h4-10,12,14,27H,1-3H3,(H,29,30)/t14-/m1/s1. The van der Waals surface area contributed by atoms with Crippen LogP contribution in [0.15, 0.2) is 48.7 Å². The van der Waals surface area contributed by atoms with Crippen molar-refractivity contribution < 1.29 is 14.6 Å². The topological polar surface area (TPSA) is 108 Å². The molecular weight excluding hydrogens is 424 g/mol. The molecule has 0 saturated heterocycles. The van der Waals surface area contributed by atoms with Crippen molar-refractivity contribution in [1.82, 2.24) is 9.97 Å². The number of rotatable bonds is 6. The highest BCUT2D eigenvalue weighted by atomic mass is 32.1. The Morgan fingerprint density at radius 1 is 1.28 bits per heavy atom. The normalized spacial score (nSPS) is 11.7. The number of aromatic nitrogens is 2. The van der Waals surface area contributed by atoms with Crippen LogP contribution in [0.3, 0.4) is 0 Å². The van der Waals surface area contributed by atoms with E-state index in [0.717, 1.165) is 21.4 Å². The quantitative estimate of drug-likeness (QED) is 0.409. The van der Waals surface area contributed by atoms with E-state index in [2.05, 4.69) is 21.4 Å². The third kappa shape index (κ3) is 3.98. The van der Waals surface area contributed by atoms with Crippen molar-refractivity contribution in [2.24, 2.45) is 0 Å². The average Bonchev–Trinajstić information content (AvgIpc) is 3.27. The molecule has 8 heteroatoms. The highest BCUT2D eigenvalue weighted by Gasteiger charge is 2.18. The highest BCUT2D eigenvalue weighted by Crippen LogP contribution is 2.36. The third-order valence-electron chi connectivity index (χ3n) is 5.14. The second-order valence-corrected chi connectivity index (χ2v) is 8.32. The number of carbonyl (C=O) groups is 1. The fraction of sp³-hybridized carbons (Fsp3) is 0.167. The number of nitriles is 1. The lowest BCUT2D eigenvalue weighted by molar-refractivity contribution is 0.0698. The van der Waals surface area contributed by atoms with Crippen LogP contribution in [0.5, 0.6) is 5.19 Å². The number of thiazole rings is 1. The molecule has 0 radical (unpaired) electrons. The highest BCUT2D eigenvalue weighted by molar-refractivity contribution is 7.16. The van der Waals surface area contributed by atoms with Crippen molar-refractivity contribution in [1.29, 1.82) is 5.26 Å². The van der Waals surface area contributed by atoms with Gasteiger partial charge in [0.25, 0.3) is 5.19 Å². The van der Waals surface area contributed by atoms with E-state index in [1.165, 1.54) is 11.3 Å². The summed E-state index contributed by atoms with van der Waals surface area (Å²) in [5.41, 5.74) is 4.40. The van der Waals surface area contributed by atoms with E-state index in [1.807, 2.05) is 32.0 Å². The molecule has 0 aliphatic carbocycles. The predicted octanol–water partition coefficient (Wildman–Crippen LogP) is 5.42. The minimum atomic E-state index is -0.990. The van der Waals surface area contributed by atoms with E-state index in [-0.39, 0.29) is 11.6 Å². The number of pyridine rings is 1. The number of nitrogens with one attached hydrogen (secondary N) is 1. The fourth-order valence-electron chi connectivity index (χ4n) is 3.66. The first-order valence-electron chi connectivity index (χ1n) is 9.85. The maximum atomic E-state index is 11.6. The number of aromatic carboxylic acids is 1. The van der Waals surface area contributed by atoms with Crippen molar-refractivity contribution in [2.45, 2.75) is 19.9 Å². The molecule has 4 aromatic rings. The van der Waals surface area contributed by atoms with Crippen LogP contribution in [-0.4, -0.2) is 28.2 Å². The van der Waals surface area contributed by atoms with Crippen molar-refractivity contribution in [3.8, 4) is 21.7 Å². The molecule has 0 aliphatic rings. The minimum absolute atomic E-state index is 0.207. The van der Waals surface area contributed by atoms with Gasteiger partial charge in [-0.2, -0.15) is 5.26 Å². The monoisotopic (exact) mass is 444 g/mol. The van der Waals surface area contributed by atoms with Crippen LogP contribution in [-0.2, 0) is 0 Å². The van der Waals surface area contributed by atoms with E-state index in [0.29, 0.717) is 27.7 Å². The number of benzene rings is 2. The number of anilines is 1. The van der Waals surface area contributed by atoms with Gasteiger partial charge in [-0.05, 0) is 49.2 Å². The zero-order valence-corrected chi connectivity index (χ0v) is 18.5. The number of nitrogens with zero attached hydrogens (tertiary/aromatic N) is 3. The molecule has 2 heterocycles. The van der Waals surface area contributed by atoms with Crippen LogP contribution in [0.25, 0.3) is 21.3 Å². The van der Waals surface area contributed by atoms with Gasteiger partial charge in [-0.3, -0.25) is 0 Å². The summed E-state index contributed by atoms with van der Waals surface area (Å²) in [7, 11) is 1.55. The summed E-state index contributed by atoms with van der Waals surface area (Å²) in [5.74, 6) is -0.990. The molecule has 1 atom stereocenters. The first kappa shape index (κ1) is 21.3. The molecule has 0 unspecified atom stereocenters. The molecule has 0 saturated carbocycles. The number of fused-ring (bicyclic) bond motifs is 1. The molecule has 7 nitrogen and oxygen atoms in total. The van der Waals surface area contributed by atoms with Crippen LogP contribution in [0.4, 0.5) is 5.69 Å². The Kier molecular flexibility index (Phi) is 5.75. The molecule has 2 aromatic carbocycles. The molecule has 4 rings (SSSR count). The number of hydrogen-bond acceptors (Lipinski definition) is 7. The Hall–Kier alpha value is -3.96. The Balaban J connectivity index is 1.85. The van der Waals surface area contributed by atoms with Gasteiger partial charge in [0.1, 0.15) is 11.8 Å². The molecule has 2 N–H and O–H groups in total. The number of methoxy groups -OCH3 is 1. The third-order valence-corrected chi connectivity index (χ3v) is 6.13. The number of aryl methyl sites for hydroxylation is 1. The SMILES string of the molecule is COc1ncc(-c2cc3c([C@@H](C)Nc4ccccc4C(=O)O)cc(C)cc3nc2C#N)s1. The Bertz CT molecular complexity index is 1370. The first-order valence-corrected chi connectivity index (χ1v) is 10.7. The molecular formula is C24H20N4O3S.